The van der Waals surface area contributed by atoms with Gasteiger partial charge in [-0.1, -0.05) is 53.9 Å². The summed E-state index contributed by atoms with van der Waals surface area (Å²) in [5.74, 6) is -1.59. The molecule has 0 radical (unpaired) electrons. The fourth-order valence-electron chi connectivity index (χ4n) is 3.40. The summed E-state index contributed by atoms with van der Waals surface area (Å²) in [6, 6.07) is 14.1. The summed E-state index contributed by atoms with van der Waals surface area (Å²) in [5, 5.41) is 10.8. The van der Waals surface area contributed by atoms with E-state index in [1.165, 1.54) is 37.3 Å². The van der Waals surface area contributed by atoms with Crippen molar-refractivity contribution in [3.05, 3.63) is 99.1 Å². The Labute approximate surface area is 214 Å². The predicted octanol–water partition coefficient (Wildman–Crippen LogP) is 6.18. The van der Waals surface area contributed by atoms with Crippen LogP contribution in [0.3, 0.4) is 0 Å². The van der Waals surface area contributed by atoms with Crippen LogP contribution in [0.5, 0.6) is 0 Å². The average molecular weight is 536 g/mol. The first-order valence-electron chi connectivity index (χ1n) is 10.4. The first-order valence-corrected chi connectivity index (χ1v) is 12.0. The van der Waals surface area contributed by atoms with Crippen molar-refractivity contribution in [2.75, 3.05) is 18.7 Å². The van der Waals surface area contributed by atoms with Crippen molar-refractivity contribution in [3.8, 4) is 0 Å². The molecule has 0 fully saturated rings. The van der Waals surface area contributed by atoms with E-state index >= 15 is 0 Å². The summed E-state index contributed by atoms with van der Waals surface area (Å²) in [7, 11) is 1.25. The fourth-order valence-corrected chi connectivity index (χ4v) is 3.97. The quantitative estimate of drug-likeness (QED) is 0.182. The van der Waals surface area contributed by atoms with Gasteiger partial charge >= 0.3 is 12.1 Å². The Hall–Kier alpha value is -3.34. The Bertz CT molecular complexity index is 1300. The summed E-state index contributed by atoms with van der Waals surface area (Å²) in [6.45, 7) is 0.408. The molecule has 188 valence electrons. The van der Waals surface area contributed by atoms with Crippen LogP contribution in [0.2, 0.25) is 5.02 Å². The lowest BCUT2D eigenvalue weighted by atomic mass is 9.97. The molecule has 3 rings (SSSR count). The lowest BCUT2D eigenvalue weighted by Crippen LogP contribution is -2.21. The van der Waals surface area contributed by atoms with Gasteiger partial charge in [0.1, 0.15) is 0 Å². The number of methoxy groups -OCH3 is 1. The summed E-state index contributed by atoms with van der Waals surface area (Å²) < 4.78 is 48.4. The number of amides is 1. The summed E-state index contributed by atoms with van der Waals surface area (Å²) in [6.07, 6.45) is -2.96. The highest BCUT2D eigenvalue weighted by Gasteiger charge is 2.36. The minimum absolute atomic E-state index is 0.0127. The van der Waals surface area contributed by atoms with Gasteiger partial charge in [-0.25, -0.2) is 4.79 Å². The molecular weight excluding hydrogens is 515 g/mol. The van der Waals surface area contributed by atoms with E-state index in [9.17, 15) is 22.8 Å². The monoisotopic (exact) mass is 535 g/mol. The molecule has 0 atom stereocenters. The Morgan fingerprint density at radius 3 is 2.33 bits per heavy atom. The van der Waals surface area contributed by atoms with Crippen molar-refractivity contribution in [2.45, 2.75) is 12.7 Å². The van der Waals surface area contributed by atoms with Gasteiger partial charge < -0.3 is 10.1 Å². The highest BCUT2D eigenvalue weighted by atomic mass is 35.5. The zero-order valence-corrected chi connectivity index (χ0v) is 20.7. The number of hydrogen-bond donors (Lipinski definition) is 3. The largest absolute Gasteiger partial charge is 0.465 e. The third kappa shape index (κ3) is 6.26. The standard InChI is InChI=1S/C25H21ClF3N3O3S/c1-35-24(34)16-9-7-15(8-10-16)22(30)17-11-6-14(13-31-36-2)12-20(17)32-23(33)21-18(25(27,28)29)4-3-5-19(21)26/h3-12,30-31H,13H2,1-2H3,(H,32,33). The van der Waals surface area contributed by atoms with Crippen molar-refractivity contribution in [3.63, 3.8) is 0 Å². The third-order valence-electron chi connectivity index (χ3n) is 5.16. The van der Waals surface area contributed by atoms with Gasteiger partial charge in [0.25, 0.3) is 5.91 Å². The highest BCUT2D eigenvalue weighted by molar-refractivity contribution is 7.96. The van der Waals surface area contributed by atoms with Crippen LogP contribution in [0.15, 0.2) is 60.7 Å². The maximum Gasteiger partial charge on any atom is 0.417 e. The first-order chi connectivity index (χ1) is 17.1. The molecule has 0 saturated heterocycles. The molecule has 0 aliphatic rings. The number of halogens is 4. The number of esters is 1. The zero-order chi connectivity index (χ0) is 26.5. The number of ether oxygens (including phenoxy) is 1. The maximum absolute atomic E-state index is 13.6. The van der Waals surface area contributed by atoms with E-state index in [2.05, 4.69) is 14.8 Å². The molecule has 0 saturated carbocycles. The second kappa shape index (κ2) is 11.6. The SMILES string of the molecule is COC(=O)c1ccc(C(=N)c2ccc(CNSC)cc2NC(=O)c2c(Cl)cccc2C(F)(F)F)cc1. The Balaban J connectivity index is 2.03. The van der Waals surface area contributed by atoms with Crippen molar-refractivity contribution >= 4 is 46.8 Å². The number of rotatable bonds is 8. The molecule has 11 heteroatoms. The molecule has 1 amide bonds. The van der Waals surface area contributed by atoms with Gasteiger partial charge in [-0.2, -0.15) is 13.2 Å². The Kier molecular flexibility index (Phi) is 8.78. The average Bonchev–Trinajstić information content (AvgIpc) is 2.86. The molecule has 6 nitrogen and oxygen atoms in total. The van der Waals surface area contributed by atoms with Crippen molar-refractivity contribution in [1.29, 1.82) is 5.41 Å². The van der Waals surface area contributed by atoms with Gasteiger partial charge in [0.15, 0.2) is 0 Å². The lowest BCUT2D eigenvalue weighted by Gasteiger charge is -2.17. The molecule has 0 aliphatic carbocycles. The number of carbonyl (C=O) groups excluding carboxylic acids is 2. The van der Waals surface area contributed by atoms with Crippen molar-refractivity contribution < 1.29 is 27.5 Å². The summed E-state index contributed by atoms with van der Waals surface area (Å²) in [4.78, 5) is 24.8. The van der Waals surface area contributed by atoms with Crippen molar-refractivity contribution in [1.82, 2.24) is 4.72 Å². The number of carbonyl (C=O) groups is 2. The fraction of sp³-hybridized carbons (Fsp3) is 0.160. The molecule has 0 spiro atoms. The number of benzene rings is 3. The summed E-state index contributed by atoms with van der Waals surface area (Å²) in [5.41, 5.74) is -0.0461. The van der Waals surface area contributed by atoms with E-state index in [0.29, 0.717) is 17.7 Å². The topological polar surface area (TPSA) is 91.3 Å². The molecule has 0 aliphatic heterocycles. The third-order valence-corrected chi connectivity index (χ3v) is 5.91. The normalized spacial score (nSPS) is 11.2. The number of nitrogens with one attached hydrogen (secondary N) is 3. The molecule has 3 N–H and O–H groups in total. The van der Waals surface area contributed by atoms with Gasteiger partial charge in [-0.3, -0.25) is 14.9 Å². The molecule has 0 aromatic heterocycles. The number of anilines is 1. The van der Waals surface area contributed by atoms with E-state index in [4.69, 9.17) is 17.0 Å². The molecule has 3 aromatic rings. The molecule has 3 aromatic carbocycles. The van der Waals surface area contributed by atoms with Crippen LogP contribution >= 0.6 is 23.5 Å². The van der Waals surface area contributed by atoms with E-state index in [0.717, 1.165) is 17.7 Å². The van der Waals surface area contributed by atoms with E-state index in [1.807, 2.05) is 6.26 Å². The second-order valence-corrected chi connectivity index (χ2v) is 8.57. The predicted molar refractivity (Wildman–Crippen MR) is 135 cm³/mol. The molecule has 36 heavy (non-hydrogen) atoms. The lowest BCUT2D eigenvalue weighted by molar-refractivity contribution is -0.137. The number of alkyl halides is 3. The minimum atomic E-state index is -4.79. The van der Waals surface area contributed by atoms with Crippen LogP contribution in [-0.2, 0) is 17.5 Å². The Morgan fingerprint density at radius 1 is 1.06 bits per heavy atom. The van der Waals surface area contributed by atoms with Crippen molar-refractivity contribution in [2.24, 2.45) is 0 Å². The van der Waals surface area contributed by atoms with Gasteiger partial charge in [-0.05, 0) is 42.2 Å². The smallest absolute Gasteiger partial charge is 0.417 e. The van der Waals surface area contributed by atoms with E-state index in [-0.39, 0.29) is 22.0 Å². The van der Waals surface area contributed by atoms with Crippen LogP contribution in [0.4, 0.5) is 18.9 Å². The van der Waals surface area contributed by atoms with Crippen LogP contribution in [0.1, 0.15) is 43.0 Å². The van der Waals surface area contributed by atoms with Gasteiger partial charge in [0, 0.05) is 17.7 Å². The van der Waals surface area contributed by atoms with Gasteiger partial charge in [-0.15, -0.1) is 0 Å². The molecule has 0 heterocycles. The molecule has 0 bridgehead atoms. The van der Waals surface area contributed by atoms with Crippen LogP contribution in [-0.4, -0.2) is 31.0 Å². The van der Waals surface area contributed by atoms with Crippen LogP contribution in [0, 0.1) is 5.41 Å². The zero-order valence-electron chi connectivity index (χ0n) is 19.1. The van der Waals surface area contributed by atoms with Gasteiger partial charge in [0.05, 0.1) is 40.2 Å². The molecule has 0 unspecified atom stereocenters. The van der Waals surface area contributed by atoms with E-state index < -0.39 is 29.2 Å². The molecular formula is C25H21ClF3N3O3S. The first kappa shape index (κ1) is 27.3. The van der Waals surface area contributed by atoms with Crippen LogP contribution < -0.4 is 10.0 Å². The van der Waals surface area contributed by atoms with E-state index in [1.54, 1.807) is 30.3 Å². The highest BCUT2D eigenvalue weighted by Crippen LogP contribution is 2.35. The maximum atomic E-state index is 13.6. The minimum Gasteiger partial charge on any atom is -0.465 e. The van der Waals surface area contributed by atoms with Gasteiger partial charge in [0.2, 0.25) is 0 Å². The number of hydrogen-bond acceptors (Lipinski definition) is 6. The van der Waals surface area contributed by atoms with Crippen LogP contribution in [0.25, 0.3) is 0 Å². The second-order valence-electron chi connectivity index (χ2n) is 7.46. The summed E-state index contributed by atoms with van der Waals surface area (Å²) >= 11 is 7.37. The Morgan fingerprint density at radius 2 is 1.72 bits per heavy atom.